The first-order valence-electron chi connectivity index (χ1n) is 5.85. The van der Waals surface area contributed by atoms with Gasteiger partial charge in [-0.2, -0.15) is 0 Å². The van der Waals surface area contributed by atoms with E-state index in [1.807, 2.05) is 11.9 Å². The fourth-order valence-corrected chi connectivity index (χ4v) is 2.08. The van der Waals surface area contributed by atoms with Crippen molar-refractivity contribution in [3.8, 4) is 0 Å². The first-order valence-corrected chi connectivity index (χ1v) is 5.85. The number of nitrogens with zero attached hydrogens (tertiary/aromatic N) is 1. The minimum absolute atomic E-state index is 0.0531. The lowest BCUT2D eigenvalue weighted by Crippen LogP contribution is -2.45. The molecular formula is C11H20N2O2. The molecular weight excluding hydrogens is 192 g/mol. The average molecular weight is 212 g/mol. The fourth-order valence-electron chi connectivity index (χ4n) is 2.08. The number of urea groups is 1. The summed E-state index contributed by atoms with van der Waals surface area (Å²) in [5.41, 5.74) is 0. The van der Waals surface area contributed by atoms with E-state index >= 15 is 0 Å². The highest BCUT2D eigenvalue weighted by Crippen LogP contribution is 2.26. The molecule has 1 aliphatic carbocycles. The zero-order valence-electron chi connectivity index (χ0n) is 9.37. The van der Waals surface area contributed by atoms with Crippen LogP contribution in [0.3, 0.4) is 0 Å². The van der Waals surface area contributed by atoms with Gasteiger partial charge in [0, 0.05) is 20.2 Å². The summed E-state index contributed by atoms with van der Waals surface area (Å²) in [5, 5.41) is 2.99. The molecule has 0 aromatic rings. The van der Waals surface area contributed by atoms with Gasteiger partial charge in [-0.05, 0) is 25.2 Å². The van der Waals surface area contributed by atoms with Crippen LogP contribution in [0, 0.1) is 5.92 Å². The summed E-state index contributed by atoms with van der Waals surface area (Å²) in [6, 6.07) is 0.277. The minimum atomic E-state index is 0.0531. The van der Waals surface area contributed by atoms with Crippen LogP contribution in [0.15, 0.2) is 0 Å². The topological polar surface area (TPSA) is 41.6 Å². The molecule has 15 heavy (non-hydrogen) atoms. The van der Waals surface area contributed by atoms with Crippen LogP contribution in [0.4, 0.5) is 4.79 Å². The molecule has 0 aromatic carbocycles. The Morgan fingerprint density at radius 3 is 2.80 bits per heavy atom. The summed E-state index contributed by atoms with van der Waals surface area (Å²) >= 11 is 0. The fraction of sp³-hybridized carbons (Fsp3) is 0.909. The summed E-state index contributed by atoms with van der Waals surface area (Å²) in [6.45, 7) is 2.35. The maximum Gasteiger partial charge on any atom is 0.317 e. The van der Waals surface area contributed by atoms with Crippen molar-refractivity contribution in [3.05, 3.63) is 0 Å². The van der Waals surface area contributed by atoms with E-state index < -0.39 is 0 Å². The molecule has 0 aromatic heterocycles. The molecule has 1 atom stereocenters. The van der Waals surface area contributed by atoms with E-state index in [2.05, 4.69) is 5.32 Å². The van der Waals surface area contributed by atoms with Crippen LogP contribution in [-0.4, -0.2) is 43.8 Å². The third-order valence-corrected chi connectivity index (χ3v) is 3.36. The van der Waals surface area contributed by atoms with Gasteiger partial charge in [0.1, 0.15) is 0 Å². The normalized spacial score (nSPS) is 26.1. The molecule has 86 valence electrons. The zero-order valence-corrected chi connectivity index (χ0v) is 9.37. The molecule has 1 aliphatic heterocycles. The number of carbonyl (C=O) groups excluding carboxylic acids is 1. The van der Waals surface area contributed by atoms with Gasteiger partial charge in [-0.3, -0.25) is 0 Å². The van der Waals surface area contributed by atoms with Crippen molar-refractivity contribution in [2.24, 2.45) is 5.92 Å². The van der Waals surface area contributed by atoms with Crippen molar-refractivity contribution in [2.75, 3.05) is 26.8 Å². The molecule has 0 radical (unpaired) electrons. The van der Waals surface area contributed by atoms with E-state index in [0.29, 0.717) is 6.61 Å². The predicted octanol–water partition coefficient (Wildman–Crippen LogP) is 1.22. The summed E-state index contributed by atoms with van der Waals surface area (Å²) < 4.78 is 5.22. The third kappa shape index (κ3) is 2.84. The van der Waals surface area contributed by atoms with Crippen LogP contribution in [0.2, 0.25) is 0 Å². The summed E-state index contributed by atoms with van der Waals surface area (Å²) in [5.74, 6) is 0.737. The van der Waals surface area contributed by atoms with Gasteiger partial charge < -0.3 is 15.0 Å². The highest BCUT2D eigenvalue weighted by molar-refractivity contribution is 5.74. The molecule has 4 nitrogen and oxygen atoms in total. The van der Waals surface area contributed by atoms with Crippen molar-refractivity contribution in [2.45, 2.75) is 31.7 Å². The number of hydrogen-bond donors (Lipinski definition) is 1. The SMILES string of the molecule is CN(CC1CCC1)C(=O)NC1CCOC1. The first-order chi connectivity index (χ1) is 7.25. The van der Waals surface area contributed by atoms with E-state index in [0.717, 1.165) is 25.5 Å². The Hall–Kier alpha value is -0.770. The molecule has 2 aliphatic rings. The van der Waals surface area contributed by atoms with Gasteiger partial charge in [-0.15, -0.1) is 0 Å². The lowest BCUT2D eigenvalue weighted by Gasteiger charge is -2.30. The van der Waals surface area contributed by atoms with Gasteiger partial charge >= 0.3 is 6.03 Å². The van der Waals surface area contributed by atoms with Gasteiger partial charge in [0.2, 0.25) is 0 Å². The average Bonchev–Trinajstić information content (AvgIpc) is 2.63. The molecule has 0 bridgehead atoms. The Labute approximate surface area is 91.0 Å². The number of amides is 2. The second kappa shape index (κ2) is 4.84. The van der Waals surface area contributed by atoms with Crippen molar-refractivity contribution in [3.63, 3.8) is 0 Å². The van der Waals surface area contributed by atoms with Gasteiger partial charge in [-0.25, -0.2) is 4.79 Å². The molecule has 1 heterocycles. The van der Waals surface area contributed by atoms with Crippen LogP contribution >= 0.6 is 0 Å². The van der Waals surface area contributed by atoms with E-state index in [1.54, 1.807) is 0 Å². The van der Waals surface area contributed by atoms with Gasteiger partial charge in [0.15, 0.2) is 0 Å². The molecule has 4 heteroatoms. The van der Waals surface area contributed by atoms with Crippen molar-refractivity contribution in [1.82, 2.24) is 10.2 Å². The van der Waals surface area contributed by atoms with Crippen LogP contribution in [0.5, 0.6) is 0 Å². The standard InChI is InChI=1S/C11H20N2O2/c1-13(7-9-3-2-4-9)11(14)12-10-5-6-15-8-10/h9-10H,2-8H2,1H3,(H,12,14). The highest BCUT2D eigenvalue weighted by Gasteiger charge is 2.23. The Kier molecular flexibility index (Phi) is 3.46. The molecule has 0 spiro atoms. The zero-order chi connectivity index (χ0) is 10.7. The summed E-state index contributed by atoms with van der Waals surface area (Å²) in [7, 11) is 1.88. The van der Waals surface area contributed by atoms with E-state index in [9.17, 15) is 4.79 Å². The Morgan fingerprint density at radius 1 is 1.47 bits per heavy atom. The van der Waals surface area contributed by atoms with Gasteiger partial charge in [0.25, 0.3) is 0 Å². The molecule has 2 amide bonds. The van der Waals surface area contributed by atoms with E-state index in [4.69, 9.17) is 4.74 Å². The van der Waals surface area contributed by atoms with Gasteiger partial charge in [0.05, 0.1) is 12.6 Å². The second-order valence-corrected chi connectivity index (χ2v) is 4.69. The van der Waals surface area contributed by atoms with E-state index in [-0.39, 0.29) is 12.1 Å². The molecule has 1 unspecified atom stereocenters. The largest absolute Gasteiger partial charge is 0.379 e. The number of carbonyl (C=O) groups is 1. The van der Waals surface area contributed by atoms with Crippen molar-refractivity contribution < 1.29 is 9.53 Å². The quantitative estimate of drug-likeness (QED) is 0.764. The van der Waals surface area contributed by atoms with Crippen LogP contribution < -0.4 is 5.32 Å². The van der Waals surface area contributed by atoms with E-state index in [1.165, 1.54) is 19.3 Å². The summed E-state index contributed by atoms with van der Waals surface area (Å²) in [6.07, 6.45) is 4.84. The third-order valence-electron chi connectivity index (χ3n) is 3.36. The lowest BCUT2D eigenvalue weighted by molar-refractivity contribution is 0.170. The lowest BCUT2D eigenvalue weighted by atomic mass is 9.85. The molecule has 1 N–H and O–H groups in total. The summed E-state index contributed by atoms with van der Waals surface area (Å²) in [4.78, 5) is 13.5. The smallest absolute Gasteiger partial charge is 0.317 e. The number of rotatable bonds is 3. The Morgan fingerprint density at radius 2 is 2.27 bits per heavy atom. The maximum atomic E-state index is 11.7. The second-order valence-electron chi connectivity index (χ2n) is 4.69. The number of hydrogen-bond acceptors (Lipinski definition) is 2. The van der Waals surface area contributed by atoms with Crippen LogP contribution in [-0.2, 0) is 4.74 Å². The van der Waals surface area contributed by atoms with Crippen LogP contribution in [0.1, 0.15) is 25.7 Å². The monoisotopic (exact) mass is 212 g/mol. The minimum Gasteiger partial charge on any atom is -0.379 e. The van der Waals surface area contributed by atoms with Crippen LogP contribution in [0.25, 0.3) is 0 Å². The van der Waals surface area contributed by atoms with Crippen molar-refractivity contribution >= 4 is 6.03 Å². The molecule has 1 saturated carbocycles. The number of ether oxygens (including phenoxy) is 1. The highest BCUT2D eigenvalue weighted by atomic mass is 16.5. The Balaban J connectivity index is 1.68. The predicted molar refractivity (Wildman–Crippen MR) is 57.7 cm³/mol. The first kappa shape index (κ1) is 10.7. The molecule has 2 rings (SSSR count). The number of nitrogens with one attached hydrogen (secondary N) is 1. The maximum absolute atomic E-state index is 11.7. The molecule has 2 fully saturated rings. The molecule has 1 saturated heterocycles. The van der Waals surface area contributed by atoms with Gasteiger partial charge in [-0.1, -0.05) is 6.42 Å². The Bertz CT molecular complexity index is 223. The van der Waals surface area contributed by atoms with Crippen molar-refractivity contribution in [1.29, 1.82) is 0 Å².